The Morgan fingerprint density at radius 3 is 2.33 bits per heavy atom. The monoisotopic (exact) mass is 387 g/mol. The van der Waals surface area contributed by atoms with Gasteiger partial charge in [0.15, 0.2) is 0 Å². The lowest BCUT2D eigenvalue weighted by Crippen LogP contribution is -2.29. The van der Waals surface area contributed by atoms with Crippen molar-refractivity contribution in [1.82, 2.24) is 14.8 Å². The fourth-order valence-electron chi connectivity index (χ4n) is 2.73. The van der Waals surface area contributed by atoms with Gasteiger partial charge in [-0.25, -0.2) is 0 Å². The maximum Gasteiger partial charge on any atom is 0.221 e. The van der Waals surface area contributed by atoms with E-state index in [1.165, 1.54) is 6.92 Å². The number of hydrogen-bond acceptors (Lipinski definition) is 2. The molecule has 1 aromatic carbocycles. The highest BCUT2D eigenvalue weighted by atomic mass is 35.5. The van der Waals surface area contributed by atoms with Crippen LogP contribution in [0.2, 0.25) is 5.02 Å². The fraction of sp³-hybridized carbons (Fsp3) is 0.318. The van der Waals surface area contributed by atoms with Crippen LogP contribution in [0, 0.1) is 6.92 Å². The van der Waals surface area contributed by atoms with Crippen LogP contribution in [-0.4, -0.2) is 36.5 Å². The number of aromatic nitrogens is 1. The quantitative estimate of drug-likeness (QED) is 0.878. The average Bonchev–Trinajstić information content (AvgIpc) is 2.80. The molecule has 0 fully saturated rings. The standard InChI is InChI=1S/C19H21ClN2O.C3H9N/c1-6-19-17(9-13(3)21-14(4)23)18(11-22(19)5)15-7-12(2)8-16(20)10-15;1-4(2)3/h6-11H,3H2,1-2,4-5H3,(H,21,23);1-3H3/b17-9-,19-6+;. The van der Waals surface area contributed by atoms with Crippen molar-refractivity contribution in [1.29, 1.82) is 0 Å². The van der Waals surface area contributed by atoms with Crippen molar-refractivity contribution in [2.45, 2.75) is 20.8 Å². The third-order valence-corrected chi connectivity index (χ3v) is 3.77. The van der Waals surface area contributed by atoms with E-state index in [9.17, 15) is 4.79 Å². The zero-order valence-corrected chi connectivity index (χ0v) is 18.1. The summed E-state index contributed by atoms with van der Waals surface area (Å²) in [4.78, 5) is 13.2. The highest BCUT2D eigenvalue weighted by Crippen LogP contribution is 2.22. The minimum atomic E-state index is -0.135. The fourth-order valence-corrected chi connectivity index (χ4v) is 3.02. The Balaban J connectivity index is 0.000000828. The summed E-state index contributed by atoms with van der Waals surface area (Å²) in [5.74, 6) is -0.135. The minimum Gasteiger partial charge on any atom is -0.350 e. The largest absolute Gasteiger partial charge is 0.350 e. The summed E-state index contributed by atoms with van der Waals surface area (Å²) >= 11 is 6.21. The summed E-state index contributed by atoms with van der Waals surface area (Å²) in [5, 5.41) is 5.49. The van der Waals surface area contributed by atoms with Gasteiger partial charge < -0.3 is 14.8 Å². The van der Waals surface area contributed by atoms with Crippen molar-refractivity contribution in [3.63, 3.8) is 0 Å². The Hall–Kier alpha value is -2.30. The number of hydrogen-bond donors (Lipinski definition) is 1. The maximum atomic E-state index is 11.2. The molecule has 4 nitrogen and oxygen atoms in total. The molecule has 1 N–H and O–H groups in total. The van der Waals surface area contributed by atoms with E-state index in [4.69, 9.17) is 11.6 Å². The van der Waals surface area contributed by atoms with E-state index in [1.807, 2.05) is 71.2 Å². The molecular weight excluding hydrogens is 358 g/mol. The number of halogens is 1. The summed E-state index contributed by atoms with van der Waals surface area (Å²) in [6.45, 7) is 9.38. The van der Waals surface area contributed by atoms with Crippen molar-refractivity contribution >= 4 is 29.7 Å². The van der Waals surface area contributed by atoms with E-state index in [2.05, 4.69) is 28.7 Å². The van der Waals surface area contributed by atoms with Gasteiger partial charge in [0.05, 0.1) is 0 Å². The van der Waals surface area contributed by atoms with Crippen molar-refractivity contribution in [3.8, 4) is 11.1 Å². The van der Waals surface area contributed by atoms with E-state index in [1.54, 1.807) is 0 Å². The molecule has 0 bridgehead atoms. The summed E-state index contributed by atoms with van der Waals surface area (Å²) in [6, 6.07) is 5.97. The lowest BCUT2D eigenvalue weighted by Gasteiger charge is -2.03. The van der Waals surface area contributed by atoms with Crippen molar-refractivity contribution in [3.05, 3.63) is 57.8 Å². The first kappa shape index (κ1) is 22.7. The Bertz CT molecular complexity index is 916. The molecule has 0 spiro atoms. The SMILES string of the molecule is C=C(/C=c1/c(-c2cc(C)cc(Cl)c2)cn(C)/c1=C/C)NC(C)=O.CN(C)C. The molecule has 1 heterocycles. The first-order chi connectivity index (χ1) is 12.5. The number of carbonyl (C=O) groups excluding carboxylic acids is 1. The van der Waals surface area contributed by atoms with E-state index in [0.29, 0.717) is 10.7 Å². The highest BCUT2D eigenvalue weighted by Gasteiger charge is 2.08. The van der Waals surface area contributed by atoms with Crippen LogP contribution >= 0.6 is 11.6 Å². The van der Waals surface area contributed by atoms with Gasteiger partial charge in [-0.1, -0.05) is 30.3 Å². The molecule has 2 rings (SSSR count). The van der Waals surface area contributed by atoms with E-state index in [0.717, 1.165) is 27.3 Å². The van der Waals surface area contributed by atoms with Crippen LogP contribution in [0.3, 0.4) is 0 Å². The van der Waals surface area contributed by atoms with Gasteiger partial charge in [-0.3, -0.25) is 4.79 Å². The molecule has 0 saturated carbocycles. The number of allylic oxidation sites excluding steroid dienone is 1. The van der Waals surface area contributed by atoms with Gasteiger partial charge in [0, 0.05) is 47.0 Å². The predicted molar refractivity (Wildman–Crippen MR) is 117 cm³/mol. The van der Waals surface area contributed by atoms with Crippen LogP contribution in [0.25, 0.3) is 23.3 Å². The summed E-state index contributed by atoms with van der Waals surface area (Å²) in [6.07, 6.45) is 5.99. The molecule has 0 aliphatic heterocycles. The number of carbonyl (C=O) groups is 1. The van der Waals surface area contributed by atoms with Crippen molar-refractivity contribution in [2.75, 3.05) is 21.1 Å². The van der Waals surface area contributed by atoms with Gasteiger partial charge in [-0.2, -0.15) is 0 Å². The molecule has 1 amide bonds. The smallest absolute Gasteiger partial charge is 0.221 e. The second-order valence-electron chi connectivity index (χ2n) is 6.95. The highest BCUT2D eigenvalue weighted by molar-refractivity contribution is 6.31. The lowest BCUT2D eigenvalue weighted by atomic mass is 10.0. The summed E-state index contributed by atoms with van der Waals surface area (Å²) in [5.41, 5.74) is 3.76. The second-order valence-corrected chi connectivity index (χ2v) is 7.39. The number of rotatable bonds is 3. The zero-order valence-electron chi connectivity index (χ0n) is 17.4. The molecular formula is C22H30ClN3O. The molecule has 0 unspecified atom stereocenters. The van der Waals surface area contributed by atoms with Crippen molar-refractivity contribution in [2.24, 2.45) is 7.05 Å². The van der Waals surface area contributed by atoms with Crippen molar-refractivity contribution < 1.29 is 4.79 Å². The van der Waals surface area contributed by atoms with Gasteiger partial charge >= 0.3 is 0 Å². The first-order valence-corrected chi connectivity index (χ1v) is 9.11. The molecule has 1 aromatic heterocycles. The number of nitrogens with one attached hydrogen (secondary N) is 1. The molecule has 0 aliphatic rings. The van der Waals surface area contributed by atoms with Crippen LogP contribution in [0.15, 0.2) is 36.7 Å². The topological polar surface area (TPSA) is 37.3 Å². The van der Waals surface area contributed by atoms with Crippen LogP contribution in [0.1, 0.15) is 19.4 Å². The summed E-state index contributed by atoms with van der Waals surface area (Å²) in [7, 11) is 7.99. The van der Waals surface area contributed by atoms with Gasteiger partial charge in [-0.15, -0.1) is 0 Å². The van der Waals surface area contributed by atoms with E-state index in [-0.39, 0.29) is 5.91 Å². The Morgan fingerprint density at radius 1 is 1.26 bits per heavy atom. The minimum absolute atomic E-state index is 0.135. The van der Waals surface area contributed by atoms with E-state index < -0.39 is 0 Å². The van der Waals surface area contributed by atoms with Crippen LogP contribution in [-0.2, 0) is 11.8 Å². The number of aryl methyl sites for hydroxylation is 2. The van der Waals surface area contributed by atoms with Gasteiger partial charge in [-0.05, 0) is 64.3 Å². The molecule has 0 saturated heterocycles. The molecule has 2 aromatic rings. The lowest BCUT2D eigenvalue weighted by molar-refractivity contribution is -0.118. The number of amides is 1. The van der Waals surface area contributed by atoms with E-state index >= 15 is 0 Å². The molecule has 0 atom stereocenters. The van der Waals surface area contributed by atoms with Gasteiger partial charge in [0.25, 0.3) is 0 Å². The summed E-state index contributed by atoms with van der Waals surface area (Å²) < 4.78 is 2.05. The van der Waals surface area contributed by atoms with Crippen LogP contribution in [0.4, 0.5) is 0 Å². The Kier molecular flexibility index (Phi) is 8.54. The predicted octanol–water partition coefficient (Wildman–Crippen LogP) is 3.06. The third kappa shape index (κ3) is 7.08. The zero-order chi connectivity index (χ0) is 20.7. The van der Waals surface area contributed by atoms with Crippen LogP contribution < -0.4 is 15.9 Å². The average molecular weight is 388 g/mol. The maximum absolute atomic E-state index is 11.2. The molecule has 5 heteroatoms. The normalized spacial score (nSPS) is 12.0. The molecule has 146 valence electrons. The molecule has 27 heavy (non-hydrogen) atoms. The third-order valence-electron chi connectivity index (χ3n) is 3.55. The Morgan fingerprint density at radius 2 is 1.85 bits per heavy atom. The van der Waals surface area contributed by atoms with Gasteiger partial charge in [0.1, 0.15) is 0 Å². The number of benzene rings is 1. The second kappa shape index (κ2) is 10.1. The Labute approximate surface area is 167 Å². The molecule has 0 radical (unpaired) electrons. The number of nitrogens with zero attached hydrogens (tertiary/aromatic N) is 2. The first-order valence-electron chi connectivity index (χ1n) is 8.73. The molecule has 0 aliphatic carbocycles. The van der Waals surface area contributed by atoms with Gasteiger partial charge in [0.2, 0.25) is 5.91 Å². The van der Waals surface area contributed by atoms with Crippen LogP contribution in [0.5, 0.6) is 0 Å².